The van der Waals surface area contributed by atoms with Crippen LogP contribution in [0.5, 0.6) is 0 Å². The summed E-state index contributed by atoms with van der Waals surface area (Å²) in [6.07, 6.45) is 3.43. The van der Waals surface area contributed by atoms with Crippen LogP contribution in [0.1, 0.15) is 57.9 Å². The highest BCUT2D eigenvalue weighted by Crippen LogP contribution is 2.34. The van der Waals surface area contributed by atoms with Crippen LogP contribution in [0.3, 0.4) is 0 Å². The molecule has 0 saturated heterocycles. The molecular weight excluding hydrogens is 281 g/mol. The van der Waals surface area contributed by atoms with Gasteiger partial charge in [0, 0.05) is 15.6 Å². The fraction of sp³-hybridized carbons (Fsp3) is 0.556. The molecule has 1 N–H and O–H groups in total. The van der Waals surface area contributed by atoms with Crippen molar-refractivity contribution in [3.63, 3.8) is 0 Å². The van der Waals surface area contributed by atoms with Gasteiger partial charge >= 0.3 is 0 Å². The summed E-state index contributed by atoms with van der Waals surface area (Å²) in [5, 5.41) is 4.67. The number of hydrogen-bond donors (Lipinski definition) is 1. The van der Waals surface area contributed by atoms with Crippen LogP contribution >= 0.6 is 11.3 Å². The Kier molecular flexibility index (Phi) is 5.39. The Balaban J connectivity index is 2.20. The number of halogens is 1. The van der Waals surface area contributed by atoms with Gasteiger partial charge in [0.15, 0.2) is 0 Å². The maximum absolute atomic E-state index is 13.3. The van der Waals surface area contributed by atoms with Crippen LogP contribution in [0.2, 0.25) is 0 Å². The molecule has 0 bridgehead atoms. The number of nitrogens with one attached hydrogen (secondary N) is 1. The standard InChI is InChI=1S/C18H26FNS/c1-5-10-20-15(8-9-18(2,3)4)17-12-13-11-14(19)6-7-16(13)21-17/h6-7,11-12,15,20H,5,8-10H2,1-4H3. The van der Waals surface area contributed by atoms with Gasteiger partial charge in [0.05, 0.1) is 0 Å². The maximum Gasteiger partial charge on any atom is 0.123 e. The van der Waals surface area contributed by atoms with Crippen LogP contribution in [-0.4, -0.2) is 6.54 Å². The van der Waals surface area contributed by atoms with Crippen LogP contribution < -0.4 is 5.32 Å². The molecule has 21 heavy (non-hydrogen) atoms. The highest BCUT2D eigenvalue weighted by molar-refractivity contribution is 7.19. The lowest BCUT2D eigenvalue weighted by Crippen LogP contribution is -2.22. The van der Waals surface area contributed by atoms with Gasteiger partial charge in [-0.1, -0.05) is 27.7 Å². The molecule has 2 rings (SSSR count). The van der Waals surface area contributed by atoms with Gasteiger partial charge in [-0.25, -0.2) is 4.39 Å². The Hall–Kier alpha value is -0.930. The lowest BCUT2D eigenvalue weighted by molar-refractivity contribution is 0.333. The highest BCUT2D eigenvalue weighted by atomic mass is 32.1. The Morgan fingerprint density at radius 3 is 2.67 bits per heavy atom. The van der Waals surface area contributed by atoms with Crippen LogP contribution in [0.4, 0.5) is 4.39 Å². The van der Waals surface area contributed by atoms with Crippen LogP contribution in [0.25, 0.3) is 10.1 Å². The molecule has 0 aliphatic rings. The third-order valence-corrected chi connectivity index (χ3v) is 4.89. The monoisotopic (exact) mass is 307 g/mol. The molecule has 1 aromatic heterocycles. The molecule has 0 radical (unpaired) electrons. The smallest absolute Gasteiger partial charge is 0.123 e. The highest BCUT2D eigenvalue weighted by Gasteiger charge is 2.18. The first-order chi connectivity index (χ1) is 9.89. The Bertz CT molecular complexity index is 582. The second-order valence-electron chi connectivity index (χ2n) is 6.94. The van der Waals surface area contributed by atoms with Crippen LogP contribution in [-0.2, 0) is 0 Å². The summed E-state index contributed by atoms with van der Waals surface area (Å²) < 4.78 is 14.5. The van der Waals surface area contributed by atoms with Gasteiger partial charge in [0.2, 0.25) is 0 Å². The van der Waals surface area contributed by atoms with Crippen molar-refractivity contribution < 1.29 is 4.39 Å². The van der Waals surface area contributed by atoms with E-state index in [0.29, 0.717) is 11.5 Å². The summed E-state index contributed by atoms with van der Waals surface area (Å²) in [5.41, 5.74) is 0.342. The topological polar surface area (TPSA) is 12.0 Å². The van der Waals surface area contributed by atoms with Gasteiger partial charge in [0.1, 0.15) is 5.82 Å². The molecule has 1 aromatic carbocycles. The summed E-state index contributed by atoms with van der Waals surface area (Å²) >= 11 is 1.79. The van der Waals surface area contributed by atoms with Gasteiger partial charge in [-0.2, -0.15) is 0 Å². The molecule has 0 aliphatic carbocycles. The van der Waals surface area contributed by atoms with Gasteiger partial charge < -0.3 is 5.32 Å². The average Bonchev–Trinajstić information content (AvgIpc) is 2.80. The van der Waals surface area contributed by atoms with Crippen molar-refractivity contribution in [2.45, 2.75) is 53.0 Å². The number of rotatable bonds is 6. The Labute approximate surface area is 131 Å². The van der Waals surface area contributed by atoms with Gasteiger partial charge in [-0.15, -0.1) is 11.3 Å². The van der Waals surface area contributed by atoms with E-state index in [1.54, 1.807) is 23.5 Å². The number of hydrogen-bond acceptors (Lipinski definition) is 2. The quantitative estimate of drug-likeness (QED) is 0.699. The van der Waals surface area contributed by atoms with Crippen molar-refractivity contribution >= 4 is 21.4 Å². The molecule has 2 aromatic rings. The fourth-order valence-corrected chi connectivity index (χ4v) is 3.60. The summed E-state index contributed by atoms with van der Waals surface area (Å²) in [6.45, 7) is 10.1. The normalized spacial score (nSPS) is 13.8. The molecule has 1 atom stereocenters. The van der Waals surface area contributed by atoms with Crippen molar-refractivity contribution in [3.8, 4) is 0 Å². The molecule has 0 saturated carbocycles. The van der Waals surface area contributed by atoms with E-state index in [-0.39, 0.29) is 5.82 Å². The summed E-state index contributed by atoms with van der Waals surface area (Å²) in [5.74, 6) is -0.153. The Morgan fingerprint density at radius 2 is 2.00 bits per heavy atom. The molecule has 0 fully saturated rings. The van der Waals surface area contributed by atoms with Crippen molar-refractivity contribution in [1.82, 2.24) is 5.32 Å². The minimum Gasteiger partial charge on any atom is -0.309 e. The zero-order valence-electron chi connectivity index (χ0n) is 13.5. The molecular formula is C18H26FNS. The molecule has 116 valence electrons. The van der Waals surface area contributed by atoms with Crippen molar-refractivity contribution in [3.05, 3.63) is 35.0 Å². The number of thiophene rings is 1. The summed E-state index contributed by atoms with van der Waals surface area (Å²) in [4.78, 5) is 1.33. The van der Waals surface area contributed by atoms with Crippen LogP contribution in [0, 0.1) is 11.2 Å². The van der Waals surface area contributed by atoms with E-state index < -0.39 is 0 Å². The van der Waals surface area contributed by atoms with Gasteiger partial charge in [0.25, 0.3) is 0 Å². The third kappa shape index (κ3) is 4.79. The molecule has 0 spiro atoms. The van der Waals surface area contributed by atoms with E-state index >= 15 is 0 Å². The summed E-state index contributed by atoms with van der Waals surface area (Å²) in [6, 6.07) is 7.60. The van der Waals surface area contributed by atoms with E-state index in [9.17, 15) is 4.39 Å². The largest absolute Gasteiger partial charge is 0.309 e. The second-order valence-corrected chi connectivity index (χ2v) is 8.05. The predicted molar refractivity (Wildman–Crippen MR) is 91.5 cm³/mol. The predicted octanol–water partition coefficient (Wildman–Crippen LogP) is 5.91. The molecule has 1 nitrogen and oxygen atoms in total. The Morgan fingerprint density at radius 1 is 1.24 bits per heavy atom. The molecule has 0 amide bonds. The molecule has 1 unspecified atom stereocenters. The molecule has 3 heteroatoms. The zero-order valence-corrected chi connectivity index (χ0v) is 14.3. The third-order valence-electron chi connectivity index (χ3n) is 3.66. The van der Waals surface area contributed by atoms with E-state index in [0.717, 1.165) is 24.8 Å². The van der Waals surface area contributed by atoms with Crippen molar-refractivity contribution in [2.75, 3.05) is 6.54 Å². The minimum absolute atomic E-state index is 0.153. The zero-order chi connectivity index (χ0) is 15.5. The molecule has 0 aliphatic heterocycles. The lowest BCUT2D eigenvalue weighted by atomic mass is 9.88. The average molecular weight is 307 g/mol. The maximum atomic E-state index is 13.3. The SMILES string of the molecule is CCCNC(CCC(C)(C)C)c1cc2cc(F)ccc2s1. The summed E-state index contributed by atoms with van der Waals surface area (Å²) in [7, 11) is 0. The van der Waals surface area contributed by atoms with Gasteiger partial charge in [-0.3, -0.25) is 0 Å². The number of fused-ring (bicyclic) bond motifs is 1. The fourth-order valence-electron chi connectivity index (χ4n) is 2.45. The molecule has 1 heterocycles. The van der Waals surface area contributed by atoms with E-state index in [1.165, 1.54) is 16.0 Å². The lowest BCUT2D eigenvalue weighted by Gasteiger charge is -2.23. The second kappa shape index (κ2) is 6.89. The van der Waals surface area contributed by atoms with Crippen molar-refractivity contribution in [1.29, 1.82) is 0 Å². The van der Waals surface area contributed by atoms with Crippen molar-refractivity contribution in [2.24, 2.45) is 5.41 Å². The minimum atomic E-state index is -0.153. The van der Waals surface area contributed by atoms with E-state index in [1.807, 2.05) is 6.07 Å². The first-order valence-electron chi connectivity index (χ1n) is 7.81. The van der Waals surface area contributed by atoms with Crippen LogP contribution in [0.15, 0.2) is 24.3 Å². The van der Waals surface area contributed by atoms with E-state index in [2.05, 4.69) is 39.1 Å². The van der Waals surface area contributed by atoms with Gasteiger partial charge in [-0.05, 0) is 60.9 Å². The first kappa shape index (κ1) is 16.4. The first-order valence-corrected chi connectivity index (χ1v) is 8.63. The van der Waals surface area contributed by atoms with E-state index in [4.69, 9.17) is 0 Å². The number of benzene rings is 1.